The SMILES string of the molecule is CC(=O)Oc1c(F)cccc1C(=O)NC1=C(C(=O)NCCc2cccc(F)c2)CCCC1. The standard InChI is InChI=1S/C24H24F2N2O4/c1-15(29)32-22-19(9-5-10-20(22)26)24(31)28-21-11-3-2-8-18(21)23(30)27-13-12-16-6-4-7-17(25)14-16/h4-7,9-10,14H,2-3,8,11-13H2,1H3,(H,27,30)(H,28,31). The van der Waals surface area contributed by atoms with Crippen molar-refractivity contribution in [1.29, 1.82) is 0 Å². The molecule has 0 aromatic heterocycles. The maximum atomic E-state index is 14.1. The number of carbonyl (C=O) groups is 3. The normalized spacial score (nSPS) is 13.5. The van der Waals surface area contributed by atoms with Gasteiger partial charge in [0.15, 0.2) is 11.6 Å². The molecule has 0 aliphatic heterocycles. The van der Waals surface area contributed by atoms with Crippen LogP contribution in [-0.4, -0.2) is 24.3 Å². The van der Waals surface area contributed by atoms with Gasteiger partial charge in [0.2, 0.25) is 5.91 Å². The maximum Gasteiger partial charge on any atom is 0.308 e. The summed E-state index contributed by atoms with van der Waals surface area (Å²) in [6, 6.07) is 9.94. The summed E-state index contributed by atoms with van der Waals surface area (Å²) in [5, 5.41) is 5.50. The van der Waals surface area contributed by atoms with Crippen LogP contribution >= 0.6 is 0 Å². The number of rotatable bonds is 7. The Morgan fingerprint density at radius 2 is 1.75 bits per heavy atom. The van der Waals surface area contributed by atoms with Gasteiger partial charge < -0.3 is 15.4 Å². The largest absolute Gasteiger partial charge is 0.423 e. The van der Waals surface area contributed by atoms with E-state index in [1.165, 1.54) is 24.3 Å². The van der Waals surface area contributed by atoms with Crippen LogP contribution in [0, 0.1) is 11.6 Å². The number of amides is 2. The molecule has 1 aliphatic carbocycles. The number of allylic oxidation sites excluding steroid dienone is 1. The average Bonchev–Trinajstić information content (AvgIpc) is 2.75. The van der Waals surface area contributed by atoms with Gasteiger partial charge in [-0.1, -0.05) is 18.2 Å². The molecule has 3 rings (SSSR count). The number of nitrogens with one attached hydrogen (secondary N) is 2. The molecule has 0 saturated heterocycles. The van der Waals surface area contributed by atoms with E-state index in [2.05, 4.69) is 10.6 Å². The molecule has 0 heterocycles. The Hall–Kier alpha value is -3.55. The number of halogens is 2. The lowest BCUT2D eigenvalue weighted by atomic mass is 9.95. The van der Waals surface area contributed by atoms with E-state index in [1.807, 2.05) is 0 Å². The average molecular weight is 442 g/mol. The fourth-order valence-electron chi connectivity index (χ4n) is 3.55. The minimum absolute atomic E-state index is 0.135. The van der Waals surface area contributed by atoms with E-state index in [0.29, 0.717) is 37.1 Å². The molecule has 0 fully saturated rings. The van der Waals surface area contributed by atoms with Crippen molar-refractivity contribution < 1.29 is 27.9 Å². The Morgan fingerprint density at radius 1 is 1.00 bits per heavy atom. The third kappa shape index (κ3) is 6.00. The van der Waals surface area contributed by atoms with Crippen LogP contribution in [0.4, 0.5) is 8.78 Å². The van der Waals surface area contributed by atoms with Crippen LogP contribution < -0.4 is 15.4 Å². The molecule has 32 heavy (non-hydrogen) atoms. The second-order valence-electron chi connectivity index (χ2n) is 7.46. The van der Waals surface area contributed by atoms with Gasteiger partial charge in [-0.15, -0.1) is 0 Å². The lowest BCUT2D eigenvalue weighted by molar-refractivity contribution is -0.132. The first-order chi connectivity index (χ1) is 15.3. The van der Waals surface area contributed by atoms with Gasteiger partial charge in [-0.25, -0.2) is 8.78 Å². The minimum atomic E-state index is -0.833. The highest BCUT2D eigenvalue weighted by molar-refractivity contribution is 6.00. The van der Waals surface area contributed by atoms with Crippen molar-refractivity contribution in [3.05, 3.63) is 76.5 Å². The molecule has 2 aromatic rings. The number of hydrogen-bond donors (Lipinski definition) is 2. The van der Waals surface area contributed by atoms with Gasteiger partial charge in [0.25, 0.3) is 5.91 Å². The maximum absolute atomic E-state index is 14.1. The van der Waals surface area contributed by atoms with Crippen LogP contribution in [-0.2, 0) is 16.0 Å². The first-order valence-corrected chi connectivity index (χ1v) is 10.4. The number of hydrogen-bond acceptors (Lipinski definition) is 4. The number of benzene rings is 2. The summed E-state index contributed by atoms with van der Waals surface area (Å²) in [6.07, 6.45) is 3.02. The molecule has 2 N–H and O–H groups in total. The zero-order valence-electron chi connectivity index (χ0n) is 17.7. The van der Waals surface area contributed by atoms with Gasteiger partial charge in [0.1, 0.15) is 5.82 Å². The molecule has 2 aromatic carbocycles. The molecular formula is C24H24F2N2O4. The number of ether oxygens (including phenoxy) is 1. The van der Waals surface area contributed by atoms with Crippen molar-refractivity contribution in [2.75, 3.05) is 6.54 Å². The van der Waals surface area contributed by atoms with Crippen LogP contribution in [0.15, 0.2) is 53.7 Å². The molecular weight excluding hydrogens is 418 g/mol. The Labute approximate surface area is 184 Å². The van der Waals surface area contributed by atoms with Crippen molar-refractivity contribution in [1.82, 2.24) is 10.6 Å². The Balaban J connectivity index is 1.71. The summed E-state index contributed by atoms with van der Waals surface area (Å²) in [5.74, 6) is -3.34. The lowest BCUT2D eigenvalue weighted by Crippen LogP contribution is -2.33. The highest BCUT2D eigenvalue weighted by atomic mass is 19.1. The van der Waals surface area contributed by atoms with E-state index in [-0.39, 0.29) is 17.3 Å². The van der Waals surface area contributed by atoms with E-state index in [0.717, 1.165) is 31.4 Å². The van der Waals surface area contributed by atoms with Gasteiger partial charge in [0, 0.05) is 24.7 Å². The van der Waals surface area contributed by atoms with Gasteiger partial charge in [0.05, 0.1) is 5.56 Å². The Bertz CT molecular complexity index is 1070. The fourth-order valence-corrected chi connectivity index (χ4v) is 3.55. The number of carbonyl (C=O) groups excluding carboxylic acids is 3. The van der Waals surface area contributed by atoms with E-state index in [1.54, 1.807) is 12.1 Å². The molecule has 0 atom stereocenters. The number of esters is 1. The molecule has 1 aliphatic rings. The smallest absolute Gasteiger partial charge is 0.308 e. The molecule has 0 unspecified atom stereocenters. The molecule has 2 amide bonds. The minimum Gasteiger partial charge on any atom is -0.423 e. The summed E-state index contributed by atoms with van der Waals surface area (Å²) in [5.41, 5.74) is 1.54. The van der Waals surface area contributed by atoms with Gasteiger partial charge in [-0.2, -0.15) is 0 Å². The highest BCUT2D eigenvalue weighted by Gasteiger charge is 2.23. The van der Waals surface area contributed by atoms with Gasteiger partial charge in [-0.3, -0.25) is 14.4 Å². The zero-order valence-corrected chi connectivity index (χ0v) is 17.7. The summed E-state index contributed by atoms with van der Waals surface area (Å²) in [7, 11) is 0. The van der Waals surface area contributed by atoms with Gasteiger partial charge >= 0.3 is 5.97 Å². The second-order valence-corrected chi connectivity index (χ2v) is 7.46. The zero-order chi connectivity index (χ0) is 23.1. The Kier molecular flexibility index (Phi) is 7.70. The molecule has 0 saturated carbocycles. The quantitative estimate of drug-likeness (QED) is 0.505. The lowest BCUT2D eigenvalue weighted by Gasteiger charge is -2.21. The summed E-state index contributed by atoms with van der Waals surface area (Å²) in [6.45, 7) is 1.43. The van der Waals surface area contributed by atoms with Crippen molar-refractivity contribution >= 4 is 17.8 Å². The highest BCUT2D eigenvalue weighted by Crippen LogP contribution is 2.26. The molecule has 6 nitrogen and oxygen atoms in total. The van der Waals surface area contributed by atoms with Crippen molar-refractivity contribution in [2.45, 2.75) is 39.0 Å². The Morgan fingerprint density at radius 3 is 2.50 bits per heavy atom. The predicted molar refractivity (Wildman–Crippen MR) is 114 cm³/mol. The second kappa shape index (κ2) is 10.7. The third-order valence-corrected chi connectivity index (χ3v) is 5.05. The van der Waals surface area contributed by atoms with Crippen LogP contribution in [0.3, 0.4) is 0 Å². The van der Waals surface area contributed by atoms with Crippen LogP contribution in [0.2, 0.25) is 0 Å². The predicted octanol–water partition coefficient (Wildman–Crippen LogP) is 3.81. The van der Waals surface area contributed by atoms with E-state index >= 15 is 0 Å². The molecule has 0 spiro atoms. The van der Waals surface area contributed by atoms with E-state index < -0.39 is 23.4 Å². The van der Waals surface area contributed by atoms with Gasteiger partial charge in [-0.05, 0) is 61.9 Å². The summed E-state index contributed by atoms with van der Waals surface area (Å²) < 4.78 is 32.3. The van der Waals surface area contributed by atoms with Crippen LogP contribution in [0.1, 0.15) is 48.5 Å². The topological polar surface area (TPSA) is 84.5 Å². The van der Waals surface area contributed by atoms with Crippen molar-refractivity contribution in [2.24, 2.45) is 0 Å². The van der Waals surface area contributed by atoms with Crippen LogP contribution in [0.25, 0.3) is 0 Å². The van der Waals surface area contributed by atoms with E-state index in [4.69, 9.17) is 4.74 Å². The molecule has 168 valence electrons. The fraction of sp³-hybridized carbons (Fsp3) is 0.292. The molecule has 0 radical (unpaired) electrons. The third-order valence-electron chi connectivity index (χ3n) is 5.05. The monoisotopic (exact) mass is 442 g/mol. The molecule has 0 bridgehead atoms. The summed E-state index contributed by atoms with van der Waals surface area (Å²) >= 11 is 0. The first kappa shape index (κ1) is 23.1. The van der Waals surface area contributed by atoms with E-state index in [9.17, 15) is 23.2 Å². The van der Waals surface area contributed by atoms with Crippen LogP contribution in [0.5, 0.6) is 5.75 Å². The van der Waals surface area contributed by atoms with Crippen molar-refractivity contribution in [3.63, 3.8) is 0 Å². The first-order valence-electron chi connectivity index (χ1n) is 10.4. The summed E-state index contributed by atoms with van der Waals surface area (Å²) in [4.78, 5) is 36.8. The molecule has 8 heteroatoms. The number of para-hydroxylation sites is 1. The van der Waals surface area contributed by atoms with Crippen molar-refractivity contribution in [3.8, 4) is 5.75 Å².